The lowest BCUT2D eigenvalue weighted by molar-refractivity contribution is 0.0646. The fourth-order valence-electron chi connectivity index (χ4n) is 1.90. The van der Waals surface area contributed by atoms with Crippen LogP contribution < -0.4 is 0 Å². The zero-order valence-electron chi connectivity index (χ0n) is 9.19. The van der Waals surface area contributed by atoms with Crippen LogP contribution in [0.3, 0.4) is 0 Å². The van der Waals surface area contributed by atoms with Crippen molar-refractivity contribution in [2.24, 2.45) is 0 Å². The molecular formula is C13H11FN2O. The van der Waals surface area contributed by atoms with Gasteiger partial charge in [-0.15, -0.1) is 0 Å². The lowest BCUT2D eigenvalue weighted by atomic mass is 10.1. The Morgan fingerprint density at radius 3 is 2.76 bits per heavy atom. The van der Waals surface area contributed by atoms with Gasteiger partial charge in [0.25, 0.3) is 5.91 Å². The lowest BCUT2D eigenvalue weighted by Crippen LogP contribution is -2.42. The van der Waals surface area contributed by atoms with Crippen molar-refractivity contribution in [3.8, 4) is 0 Å². The van der Waals surface area contributed by atoms with E-state index in [1.165, 1.54) is 12.1 Å². The third-order valence-electron chi connectivity index (χ3n) is 3.01. The fraction of sp³-hybridized carbons (Fsp3) is 0.231. The summed E-state index contributed by atoms with van der Waals surface area (Å²) in [5, 5.41) is 0.713. The van der Waals surface area contributed by atoms with E-state index in [-0.39, 0.29) is 11.7 Å². The van der Waals surface area contributed by atoms with E-state index in [1.807, 2.05) is 0 Å². The zero-order chi connectivity index (χ0) is 11.8. The van der Waals surface area contributed by atoms with Crippen molar-refractivity contribution >= 4 is 16.8 Å². The summed E-state index contributed by atoms with van der Waals surface area (Å²) in [6, 6.07) is 7.76. The van der Waals surface area contributed by atoms with Gasteiger partial charge in [-0.1, -0.05) is 6.07 Å². The van der Waals surface area contributed by atoms with E-state index in [2.05, 4.69) is 4.98 Å². The van der Waals surface area contributed by atoms with E-state index >= 15 is 0 Å². The second-order valence-corrected chi connectivity index (χ2v) is 4.18. The SMILES string of the molecule is O=C(c1ccc2cc(F)ccc2n1)N1CCC1. The molecule has 0 spiro atoms. The fourth-order valence-corrected chi connectivity index (χ4v) is 1.90. The maximum atomic E-state index is 13.0. The molecule has 1 saturated heterocycles. The van der Waals surface area contributed by atoms with Crippen LogP contribution in [0, 0.1) is 5.82 Å². The van der Waals surface area contributed by atoms with Crippen molar-refractivity contribution < 1.29 is 9.18 Å². The molecule has 17 heavy (non-hydrogen) atoms. The van der Waals surface area contributed by atoms with Gasteiger partial charge in [0.1, 0.15) is 11.5 Å². The molecule has 0 radical (unpaired) electrons. The Morgan fingerprint density at radius 2 is 2.06 bits per heavy atom. The third-order valence-corrected chi connectivity index (χ3v) is 3.01. The van der Waals surface area contributed by atoms with Crippen molar-refractivity contribution in [2.45, 2.75) is 6.42 Å². The van der Waals surface area contributed by atoms with E-state index in [1.54, 1.807) is 23.1 Å². The highest BCUT2D eigenvalue weighted by molar-refractivity contribution is 5.95. The molecule has 1 amide bonds. The molecular weight excluding hydrogens is 219 g/mol. The Labute approximate surface area is 97.9 Å². The molecule has 0 unspecified atom stereocenters. The number of nitrogens with zero attached hydrogens (tertiary/aromatic N) is 2. The lowest BCUT2D eigenvalue weighted by Gasteiger charge is -2.30. The molecule has 0 aliphatic carbocycles. The van der Waals surface area contributed by atoms with Gasteiger partial charge in [-0.2, -0.15) is 0 Å². The number of hydrogen-bond donors (Lipinski definition) is 0. The van der Waals surface area contributed by atoms with E-state index in [4.69, 9.17) is 0 Å². The van der Waals surface area contributed by atoms with Crippen molar-refractivity contribution in [1.82, 2.24) is 9.88 Å². The molecule has 3 rings (SSSR count). The van der Waals surface area contributed by atoms with Gasteiger partial charge in [-0.05, 0) is 30.7 Å². The summed E-state index contributed by atoms with van der Waals surface area (Å²) >= 11 is 0. The number of halogens is 1. The first-order chi connectivity index (χ1) is 8.24. The quantitative estimate of drug-likeness (QED) is 0.752. The number of rotatable bonds is 1. The highest BCUT2D eigenvalue weighted by Crippen LogP contribution is 2.16. The minimum absolute atomic E-state index is 0.0394. The molecule has 0 N–H and O–H groups in total. The molecule has 1 aliphatic rings. The summed E-state index contributed by atoms with van der Waals surface area (Å²) < 4.78 is 13.0. The number of aromatic nitrogens is 1. The number of fused-ring (bicyclic) bond motifs is 1. The minimum Gasteiger partial charge on any atom is -0.337 e. The van der Waals surface area contributed by atoms with Crippen LogP contribution in [0.5, 0.6) is 0 Å². The van der Waals surface area contributed by atoms with Gasteiger partial charge in [0.15, 0.2) is 0 Å². The van der Waals surface area contributed by atoms with Gasteiger partial charge in [0.05, 0.1) is 5.52 Å². The Hall–Kier alpha value is -1.97. The summed E-state index contributed by atoms with van der Waals surface area (Å²) in [6.45, 7) is 1.62. The molecule has 0 saturated carbocycles. The topological polar surface area (TPSA) is 33.2 Å². The number of benzene rings is 1. The predicted octanol–water partition coefficient (Wildman–Crippen LogP) is 2.22. The van der Waals surface area contributed by atoms with E-state index in [0.29, 0.717) is 16.6 Å². The smallest absolute Gasteiger partial charge is 0.272 e. The number of hydrogen-bond acceptors (Lipinski definition) is 2. The van der Waals surface area contributed by atoms with E-state index < -0.39 is 0 Å². The molecule has 1 aromatic carbocycles. The average Bonchev–Trinajstić information content (AvgIpc) is 2.26. The summed E-state index contributed by atoms with van der Waals surface area (Å²) in [4.78, 5) is 17.9. The molecule has 2 aromatic rings. The van der Waals surface area contributed by atoms with E-state index in [9.17, 15) is 9.18 Å². The standard InChI is InChI=1S/C13H11FN2O/c14-10-3-5-11-9(8-10)2-4-12(15-11)13(17)16-6-1-7-16/h2-5,8H,1,6-7H2. The maximum Gasteiger partial charge on any atom is 0.272 e. The van der Waals surface area contributed by atoms with Gasteiger partial charge in [-0.3, -0.25) is 4.79 Å². The molecule has 3 nitrogen and oxygen atoms in total. The van der Waals surface area contributed by atoms with E-state index in [0.717, 1.165) is 19.5 Å². The molecule has 4 heteroatoms. The van der Waals surface area contributed by atoms with Crippen molar-refractivity contribution in [3.05, 3.63) is 41.8 Å². The number of pyridine rings is 1. The van der Waals surface area contributed by atoms with Crippen LogP contribution >= 0.6 is 0 Å². The molecule has 2 heterocycles. The first kappa shape index (κ1) is 10.2. The Bertz CT molecular complexity index is 593. The minimum atomic E-state index is -0.291. The van der Waals surface area contributed by atoms with Crippen LogP contribution in [0.4, 0.5) is 4.39 Å². The number of amides is 1. The van der Waals surface area contributed by atoms with Gasteiger partial charge >= 0.3 is 0 Å². The van der Waals surface area contributed by atoms with Crippen LogP contribution in [0.2, 0.25) is 0 Å². The highest BCUT2D eigenvalue weighted by atomic mass is 19.1. The van der Waals surface area contributed by atoms with Crippen LogP contribution in [0.1, 0.15) is 16.9 Å². The largest absolute Gasteiger partial charge is 0.337 e. The normalized spacial score (nSPS) is 14.8. The third kappa shape index (κ3) is 1.75. The molecule has 1 aromatic heterocycles. The average molecular weight is 230 g/mol. The summed E-state index contributed by atoms with van der Waals surface area (Å²) in [5.41, 5.74) is 1.08. The van der Waals surface area contributed by atoms with Gasteiger partial charge in [0, 0.05) is 18.5 Å². The maximum absolute atomic E-state index is 13.0. The van der Waals surface area contributed by atoms with Crippen molar-refractivity contribution in [1.29, 1.82) is 0 Å². The predicted molar refractivity (Wildman–Crippen MR) is 62.2 cm³/mol. The molecule has 0 atom stereocenters. The second-order valence-electron chi connectivity index (χ2n) is 4.18. The van der Waals surface area contributed by atoms with Gasteiger partial charge in [0.2, 0.25) is 0 Å². The Morgan fingerprint density at radius 1 is 1.24 bits per heavy atom. The monoisotopic (exact) mass is 230 g/mol. The van der Waals surface area contributed by atoms with Gasteiger partial charge < -0.3 is 4.90 Å². The number of carbonyl (C=O) groups is 1. The molecule has 1 aliphatic heterocycles. The second kappa shape index (κ2) is 3.80. The summed E-state index contributed by atoms with van der Waals surface area (Å²) in [5.74, 6) is -0.330. The Kier molecular flexibility index (Phi) is 2.28. The Balaban J connectivity index is 2.01. The number of carbonyl (C=O) groups excluding carboxylic acids is 1. The summed E-state index contributed by atoms with van der Waals surface area (Å²) in [7, 11) is 0. The van der Waals surface area contributed by atoms with Crippen molar-refractivity contribution in [2.75, 3.05) is 13.1 Å². The highest BCUT2D eigenvalue weighted by Gasteiger charge is 2.22. The molecule has 0 bridgehead atoms. The van der Waals surface area contributed by atoms with Crippen molar-refractivity contribution in [3.63, 3.8) is 0 Å². The van der Waals surface area contributed by atoms with Crippen LogP contribution in [-0.2, 0) is 0 Å². The van der Waals surface area contributed by atoms with Crippen LogP contribution in [0.15, 0.2) is 30.3 Å². The first-order valence-corrected chi connectivity index (χ1v) is 5.60. The number of likely N-dealkylation sites (tertiary alicyclic amines) is 1. The molecule has 1 fully saturated rings. The summed E-state index contributed by atoms with van der Waals surface area (Å²) in [6.07, 6.45) is 1.06. The van der Waals surface area contributed by atoms with Crippen LogP contribution in [-0.4, -0.2) is 28.9 Å². The van der Waals surface area contributed by atoms with Crippen LogP contribution in [0.25, 0.3) is 10.9 Å². The van der Waals surface area contributed by atoms with Gasteiger partial charge in [-0.25, -0.2) is 9.37 Å². The molecule has 86 valence electrons. The first-order valence-electron chi connectivity index (χ1n) is 5.60. The zero-order valence-corrected chi connectivity index (χ0v) is 9.19.